The summed E-state index contributed by atoms with van der Waals surface area (Å²) in [6.45, 7) is 5.90. The van der Waals surface area contributed by atoms with Crippen molar-refractivity contribution in [2.24, 2.45) is 5.41 Å². The molecule has 8 heteroatoms. The summed E-state index contributed by atoms with van der Waals surface area (Å²) < 4.78 is 10.3. The fraction of sp³-hybridized carbons (Fsp3) is 0.750. The largest absolute Gasteiger partial charge is 0.407 e. The standard InChI is InChI=1S/C12H23N5O3/c1-12(2,10(18)13-3)8-15-11-17-16-9(20-11)7-14-5-6-19-4/h14H,5-8H2,1-4H3,(H,13,18)(H,15,17). The molecule has 1 aromatic rings. The SMILES string of the molecule is CNC(=O)C(C)(C)CNc1nnc(CNCCOC)o1. The fourth-order valence-electron chi connectivity index (χ4n) is 1.48. The molecule has 1 aromatic heterocycles. The molecular weight excluding hydrogens is 262 g/mol. The van der Waals surface area contributed by atoms with Crippen molar-refractivity contribution in [3.8, 4) is 0 Å². The molecule has 0 bridgehead atoms. The number of carbonyl (C=O) groups excluding carboxylic acids is 1. The quantitative estimate of drug-likeness (QED) is 0.548. The lowest BCUT2D eigenvalue weighted by molar-refractivity contribution is -0.128. The normalized spacial score (nSPS) is 11.4. The number of nitrogens with zero attached hydrogens (tertiary/aromatic N) is 2. The van der Waals surface area contributed by atoms with Crippen LogP contribution in [0.25, 0.3) is 0 Å². The minimum atomic E-state index is -0.555. The van der Waals surface area contributed by atoms with Crippen LogP contribution in [0, 0.1) is 5.41 Å². The summed E-state index contributed by atoms with van der Waals surface area (Å²) in [5.41, 5.74) is -0.555. The zero-order chi connectivity index (χ0) is 15.0. The van der Waals surface area contributed by atoms with E-state index in [2.05, 4.69) is 26.1 Å². The molecule has 1 rings (SSSR count). The number of rotatable bonds is 9. The molecule has 1 heterocycles. The summed E-state index contributed by atoms with van der Waals surface area (Å²) in [4.78, 5) is 11.6. The molecule has 1 amide bonds. The highest BCUT2D eigenvalue weighted by Crippen LogP contribution is 2.16. The number of hydrogen-bond donors (Lipinski definition) is 3. The average Bonchev–Trinajstić information content (AvgIpc) is 2.88. The lowest BCUT2D eigenvalue weighted by atomic mass is 9.92. The monoisotopic (exact) mass is 285 g/mol. The Bertz CT molecular complexity index is 419. The third-order valence-electron chi connectivity index (χ3n) is 2.75. The molecule has 0 atom stereocenters. The average molecular weight is 285 g/mol. The summed E-state index contributed by atoms with van der Waals surface area (Å²) in [5, 5.41) is 16.5. The van der Waals surface area contributed by atoms with E-state index in [0.717, 1.165) is 0 Å². The van der Waals surface area contributed by atoms with Gasteiger partial charge in [-0.2, -0.15) is 0 Å². The maximum absolute atomic E-state index is 11.6. The number of ether oxygens (including phenoxy) is 1. The lowest BCUT2D eigenvalue weighted by Gasteiger charge is -2.21. The Labute approximate surface area is 118 Å². The molecule has 20 heavy (non-hydrogen) atoms. The smallest absolute Gasteiger partial charge is 0.315 e. The Morgan fingerprint density at radius 3 is 2.80 bits per heavy atom. The molecule has 0 saturated carbocycles. The molecule has 0 spiro atoms. The Morgan fingerprint density at radius 1 is 1.40 bits per heavy atom. The van der Waals surface area contributed by atoms with Gasteiger partial charge in [0.1, 0.15) is 0 Å². The highest BCUT2D eigenvalue weighted by atomic mass is 16.5. The first-order valence-corrected chi connectivity index (χ1v) is 6.47. The van der Waals surface area contributed by atoms with Crippen LogP contribution in [0.1, 0.15) is 19.7 Å². The van der Waals surface area contributed by atoms with Gasteiger partial charge in [-0.05, 0) is 13.8 Å². The summed E-state index contributed by atoms with van der Waals surface area (Å²) in [5.74, 6) is 0.437. The number of anilines is 1. The van der Waals surface area contributed by atoms with Crippen molar-refractivity contribution in [2.45, 2.75) is 20.4 Å². The van der Waals surface area contributed by atoms with E-state index in [4.69, 9.17) is 9.15 Å². The van der Waals surface area contributed by atoms with Gasteiger partial charge in [0.2, 0.25) is 11.8 Å². The minimum Gasteiger partial charge on any atom is -0.407 e. The molecule has 0 aliphatic carbocycles. The van der Waals surface area contributed by atoms with E-state index in [-0.39, 0.29) is 5.91 Å². The highest BCUT2D eigenvalue weighted by molar-refractivity contribution is 5.82. The molecule has 0 aromatic carbocycles. The van der Waals surface area contributed by atoms with Crippen molar-refractivity contribution in [3.05, 3.63) is 5.89 Å². The van der Waals surface area contributed by atoms with Gasteiger partial charge in [0.25, 0.3) is 0 Å². The van der Waals surface area contributed by atoms with Crippen molar-refractivity contribution in [1.82, 2.24) is 20.8 Å². The van der Waals surface area contributed by atoms with Gasteiger partial charge >= 0.3 is 6.01 Å². The topological polar surface area (TPSA) is 101 Å². The number of nitrogens with one attached hydrogen (secondary N) is 3. The highest BCUT2D eigenvalue weighted by Gasteiger charge is 2.26. The predicted octanol–water partition coefficient (Wildman–Crippen LogP) is -0.0103. The third kappa shape index (κ3) is 5.14. The summed E-state index contributed by atoms with van der Waals surface area (Å²) >= 11 is 0. The summed E-state index contributed by atoms with van der Waals surface area (Å²) in [7, 11) is 3.26. The van der Waals surface area contributed by atoms with E-state index >= 15 is 0 Å². The summed E-state index contributed by atoms with van der Waals surface area (Å²) in [6, 6.07) is 0.311. The maximum Gasteiger partial charge on any atom is 0.315 e. The Balaban J connectivity index is 2.38. The van der Waals surface area contributed by atoms with E-state index in [1.807, 2.05) is 13.8 Å². The van der Waals surface area contributed by atoms with Gasteiger partial charge in [-0.1, -0.05) is 5.10 Å². The van der Waals surface area contributed by atoms with Crippen molar-refractivity contribution in [3.63, 3.8) is 0 Å². The van der Waals surface area contributed by atoms with Crippen LogP contribution in [0.4, 0.5) is 6.01 Å². The van der Waals surface area contributed by atoms with E-state index in [1.165, 1.54) is 0 Å². The predicted molar refractivity (Wildman–Crippen MR) is 74.2 cm³/mol. The van der Waals surface area contributed by atoms with Crippen LogP contribution in [-0.2, 0) is 16.1 Å². The van der Waals surface area contributed by atoms with E-state index < -0.39 is 5.41 Å². The van der Waals surface area contributed by atoms with Crippen LogP contribution in [-0.4, -0.2) is 50.0 Å². The van der Waals surface area contributed by atoms with Gasteiger partial charge in [0.05, 0.1) is 18.6 Å². The lowest BCUT2D eigenvalue weighted by Crippen LogP contribution is -2.39. The zero-order valence-electron chi connectivity index (χ0n) is 12.4. The molecule has 0 fully saturated rings. The van der Waals surface area contributed by atoms with Gasteiger partial charge in [0, 0.05) is 27.2 Å². The van der Waals surface area contributed by atoms with Crippen LogP contribution in [0.3, 0.4) is 0 Å². The minimum absolute atomic E-state index is 0.0500. The van der Waals surface area contributed by atoms with E-state index in [1.54, 1.807) is 14.2 Å². The molecule has 0 saturated heterocycles. The van der Waals surface area contributed by atoms with Crippen LogP contribution in [0.5, 0.6) is 0 Å². The molecular formula is C12H23N5O3. The molecule has 114 valence electrons. The maximum atomic E-state index is 11.6. The molecule has 0 aliphatic rings. The third-order valence-corrected chi connectivity index (χ3v) is 2.75. The zero-order valence-corrected chi connectivity index (χ0v) is 12.4. The van der Waals surface area contributed by atoms with Crippen LogP contribution in [0.15, 0.2) is 4.42 Å². The van der Waals surface area contributed by atoms with E-state index in [9.17, 15) is 4.79 Å². The van der Waals surface area contributed by atoms with Crippen LogP contribution < -0.4 is 16.0 Å². The van der Waals surface area contributed by atoms with Crippen molar-refractivity contribution in [2.75, 3.05) is 39.2 Å². The number of amides is 1. The molecule has 0 radical (unpaired) electrons. The molecule has 3 N–H and O–H groups in total. The van der Waals surface area contributed by atoms with Crippen LogP contribution in [0.2, 0.25) is 0 Å². The van der Waals surface area contributed by atoms with Crippen molar-refractivity contribution >= 4 is 11.9 Å². The van der Waals surface area contributed by atoms with Crippen LogP contribution >= 0.6 is 0 Å². The number of hydrogen-bond acceptors (Lipinski definition) is 7. The van der Waals surface area contributed by atoms with Gasteiger partial charge in [0.15, 0.2) is 0 Å². The number of aromatic nitrogens is 2. The van der Waals surface area contributed by atoms with Gasteiger partial charge < -0.3 is 25.1 Å². The van der Waals surface area contributed by atoms with Gasteiger partial charge in [-0.25, -0.2) is 0 Å². The fourth-order valence-corrected chi connectivity index (χ4v) is 1.48. The first-order chi connectivity index (χ1) is 9.49. The first-order valence-electron chi connectivity index (χ1n) is 6.47. The van der Waals surface area contributed by atoms with E-state index in [0.29, 0.717) is 38.1 Å². The number of methoxy groups -OCH3 is 1. The van der Waals surface area contributed by atoms with Crippen molar-refractivity contribution < 1.29 is 13.9 Å². The second-order valence-electron chi connectivity index (χ2n) is 4.99. The van der Waals surface area contributed by atoms with Gasteiger partial charge in [-0.15, -0.1) is 5.10 Å². The Kier molecular flexibility index (Phi) is 6.40. The second-order valence-corrected chi connectivity index (χ2v) is 4.99. The van der Waals surface area contributed by atoms with Gasteiger partial charge in [-0.3, -0.25) is 4.79 Å². The van der Waals surface area contributed by atoms with Crippen molar-refractivity contribution in [1.29, 1.82) is 0 Å². The molecule has 0 unspecified atom stereocenters. The number of carbonyl (C=O) groups is 1. The summed E-state index contributed by atoms with van der Waals surface area (Å²) in [6.07, 6.45) is 0. The Hall–Kier alpha value is -1.67. The first kappa shape index (κ1) is 16.4. The second kappa shape index (κ2) is 7.81. The Morgan fingerprint density at radius 2 is 2.15 bits per heavy atom. The molecule has 8 nitrogen and oxygen atoms in total. The molecule has 0 aliphatic heterocycles.